The predicted molar refractivity (Wildman–Crippen MR) is 75.2 cm³/mol. The van der Waals surface area contributed by atoms with Gasteiger partial charge in [-0.25, -0.2) is 0 Å². The van der Waals surface area contributed by atoms with Gasteiger partial charge in [-0.2, -0.15) is 0 Å². The van der Waals surface area contributed by atoms with Crippen molar-refractivity contribution < 1.29 is 17.0 Å². The van der Waals surface area contributed by atoms with Crippen LogP contribution in [0, 0.1) is 11.8 Å². The average Bonchev–Trinajstić information content (AvgIpc) is 2.16. The van der Waals surface area contributed by atoms with Crippen molar-refractivity contribution in [3.63, 3.8) is 0 Å². The summed E-state index contributed by atoms with van der Waals surface area (Å²) in [6.07, 6.45) is 0. The van der Waals surface area contributed by atoms with Gasteiger partial charge >= 0.3 is 108 Å². The SMILES string of the molecule is CC(C)C[Te+](Cc1ccccc1)CC(C)C.[Br-]. The van der Waals surface area contributed by atoms with Crippen molar-refractivity contribution in [1.29, 1.82) is 0 Å². The second kappa shape index (κ2) is 9.42. The Morgan fingerprint density at radius 2 is 1.35 bits per heavy atom. The fraction of sp³-hybridized carbons (Fsp3) is 0.600. The molecule has 0 aliphatic heterocycles. The van der Waals surface area contributed by atoms with Crippen LogP contribution in [-0.4, -0.2) is 19.6 Å². The topological polar surface area (TPSA) is 0 Å². The summed E-state index contributed by atoms with van der Waals surface area (Å²) in [5, 5.41) is 0. The monoisotopic (exact) mass is 414 g/mol. The normalized spacial score (nSPS) is 11.0. The van der Waals surface area contributed by atoms with E-state index in [9.17, 15) is 0 Å². The summed E-state index contributed by atoms with van der Waals surface area (Å²) in [7, 11) is 0. The van der Waals surface area contributed by atoms with Crippen molar-refractivity contribution >= 4 is 19.6 Å². The van der Waals surface area contributed by atoms with Crippen LogP contribution in [0.4, 0.5) is 0 Å². The average molecular weight is 413 g/mol. The Kier molecular flexibility index (Phi) is 9.70. The first-order valence-electron chi connectivity index (χ1n) is 6.26. The Bertz CT molecular complexity index is 272. The molecule has 0 atom stereocenters. The van der Waals surface area contributed by atoms with E-state index in [4.69, 9.17) is 0 Å². The van der Waals surface area contributed by atoms with Crippen molar-refractivity contribution in [2.45, 2.75) is 41.1 Å². The number of rotatable bonds is 6. The van der Waals surface area contributed by atoms with Gasteiger partial charge < -0.3 is 17.0 Å². The molecule has 0 saturated carbocycles. The van der Waals surface area contributed by atoms with Crippen molar-refractivity contribution in [2.75, 3.05) is 0 Å². The molecule has 0 N–H and O–H groups in total. The molecule has 1 rings (SSSR count). The summed E-state index contributed by atoms with van der Waals surface area (Å²) < 4.78 is 4.47. The number of benzene rings is 1. The third-order valence-electron chi connectivity index (χ3n) is 2.35. The molecule has 0 aliphatic rings. The molecule has 0 amide bonds. The molecule has 0 spiro atoms. The van der Waals surface area contributed by atoms with E-state index in [-0.39, 0.29) is 17.0 Å². The molecular weight excluding hydrogens is 388 g/mol. The maximum absolute atomic E-state index is 2.37. The van der Waals surface area contributed by atoms with Gasteiger partial charge in [0.1, 0.15) is 0 Å². The third kappa shape index (κ3) is 8.25. The predicted octanol–water partition coefficient (Wildman–Crippen LogP) is 1.58. The van der Waals surface area contributed by atoms with E-state index in [1.807, 2.05) is 0 Å². The van der Waals surface area contributed by atoms with Gasteiger partial charge in [0.2, 0.25) is 0 Å². The van der Waals surface area contributed by atoms with Crippen LogP contribution in [0.3, 0.4) is 0 Å². The van der Waals surface area contributed by atoms with Crippen molar-refractivity contribution in [2.24, 2.45) is 11.8 Å². The Balaban J connectivity index is 0.00000256. The first-order chi connectivity index (χ1) is 7.58. The van der Waals surface area contributed by atoms with E-state index < -0.39 is 19.6 Å². The maximum atomic E-state index is 2.37. The summed E-state index contributed by atoms with van der Waals surface area (Å²) in [4.78, 5) is 0. The van der Waals surface area contributed by atoms with Crippen LogP contribution in [0.2, 0.25) is 8.94 Å². The van der Waals surface area contributed by atoms with Gasteiger partial charge in [-0.05, 0) is 0 Å². The van der Waals surface area contributed by atoms with Gasteiger partial charge in [0.15, 0.2) is 0 Å². The van der Waals surface area contributed by atoms with Gasteiger partial charge in [0, 0.05) is 0 Å². The summed E-state index contributed by atoms with van der Waals surface area (Å²) >= 11 is -0.896. The Labute approximate surface area is 125 Å². The van der Waals surface area contributed by atoms with Crippen LogP contribution in [0.1, 0.15) is 33.3 Å². The molecule has 0 aliphatic carbocycles. The summed E-state index contributed by atoms with van der Waals surface area (Å²) in [6.45, 7) is 9.50. The molecule has 1 aromatic rings. The molecule has 17 heavy (non-hydrogen) atoms. The van der Waals surface area contributed by atoms with E-state index in [0.717, 1.165) is 11.8 Å². The van der Waals surface area contributed by atoms with Crippen LogP contribution >= 0.6 is 0 Å². The van der Waals surface area contributed by atoms with Gasteiger partial charge in [-0.15, -0.1) is 0 Å². The molecule has 0 saturated heterocycles. The largest absolute Gasteiger partial charge is 1.00 e. The molecule has 0 radical (unpaired) electrons. The second-order valence-electron chi connectivity index (χ2n) is 5.36. The minimum Gasteiger partial charge on any atom is -1.00 e. The minimum absolute atomic E-state index is 0. The molecule has 0 bridgehead atoms. The molecule has 98 valence electrons. The molecule has 1 aromatic carbocycles. The smallest absolute Gasteiger partial charge is 1.00 e. The van der Waals surface area contributed by atoms with E-state index in [1.54, 1.807) is 5.56 Å². The van der Waals surface area contributed by atoms with E-state index in [2.05, 4.69) is 58.0 Å². The van der Waals surface area contributed by atoms with E-state index in [0.29, 0.717) is 0 Å². The Morgan fingerprint density at radius 3 is 1.76 bits per heavy atom. The maximum Gasteiger partial charge on any atom is -1.00 e. The Morgan fingerprint density at radius 1 is 0.882 bits per heavy atom. The first-order valence-corrected chi connectivity index (χ1v) is 11.2. The summed E-state index contributed by atoms with van der Waals surface area (Å²) in [5.74, 6) is 1.78. The van der Waals surface area contributed by atoms with Gasteiger partial charge in [0.25, 0.3) is 0 Å². The zero-order chi connectivity index (χ0) is 12.0. The van der Waals surface area contributed by atoms with Crippen LogP contribution < -0.4 is 17.0 Å². The van der Waals surface area contributed by atoms with Crippen LogP contribution in [0.25, 0.3) is 0 Å². The fourth-order valence-corrected chi connectivity index (χ4v) is 10.3. The number of hydrogen-bond acceptors (Lipinski definition) is 0. The van der Waals surface area contributed by atoms with Gasteiger partial charge in [-0.1, -0.05) is 0 Å². The summed E-state index contributed by atoms with van der Waals surface area (Å²) in [6, 6.07) is 11.1. The second-order valence-corrected chi connectivity index (χ2v) is 11.6. The third-order valence-corrected chi connectivity index (χ3v) is 11.0. The molecule has 2 heteroatoms. The van der Waals surface area contributed by atoms with Crippen molar-refractivity contribution in [1.82, 2.24) is 0 Å². The molecule has 0 heterocycles. The molecule has 0 nitrogen and oxygen atoms in total. The zero-order valence-electron chi connectivity index (χ0n) is 11.4. The molecular formula is C15H25BrTe. The fourth-order valence-electron chi connectivity index (χ4n) is 1.94. The number of halogens is 1. The molecule has 0 aromatic heterocycles. The van der Waals surface area contributed by atoms with Crippen LogP contribution in [0.5, 0.6) is 0 Å². The molecule has 0 unspecified atom stereocenters. The van der Waals surface area contributed by atoms with Crippen LogP contribution in [0.15, 0.2) is 30.3 Å². The van der Waals surface area contributed by atoms with Gasteiger partial charge in [0.05, 0.1) is 0 Å². The zero-order valence-corrected chi connectivity index (χ0v) is 15.4. The first kappa shape index (κ1) is 17.5. The van der Waals surface area contributed by atoms with E-state index >= 15 is 0 Å². The van der Waals surface area contributed by atoms with E-state index in [1.165, 1.54) is 13.4 Å². The minimum atomic E-state index is -0.896. The quantitative estimate of drug-likeness (QED) is 0.622. The number of hydrogen-bond donors (Lipinski definition) is 0. The molecule has 0 fully saturated rings. The van der Waals surface area contributed by atoms with Crippen LogP contribution in [-0.2, 0) is 4.47 Å². The summed E-state index contributed by atoms with van der Waals surface area (Å²) in [5.41, 5.74) is 1.57. The standard InChI is InChI=1S/C15H25Te.BrH/c1-13(2)10-16(11-14(3)4)12-15-8-6-5-7-9-15;/h5-9,13-14H,10-12H2,1-4H3;1H/q+1;/p-1. The van der Waals surface area contributed by atoms with Gasteiger partial charge in [-0.3, -0.25) is 0 Å². The Hall–Kier alpha value is 0.490. The van der Waals surface area contributed by atoms with Crippen molar-refractivity contribution in [3.8, 4) is 0 Å². The van der Waals surface area contributed by atoms with Crippen molar-refractivity contribution in [3.05, 3.63) is 35.9 Å².